The molecule has 19 heteroatoms. The van der Waals surface area contributed by atoms with Gasteiger partial charge >= 0.3 is 71.1 Å². The number of ether oxygens (including phenoxy) is 1. The van der Waals surface area contributed by atoms with Crippen LogP contribution in [-0.4, -0.2) is 81.3 Å². The van der Waals surface area contributed by atoms with Crippen molar-refractivity contribution in [3.8, 4) is 0 Å². The number of aliphatic imine (C=N–C) groups is 1. The Balaban J connectivity index is 0.00000342. The van der Waals surface area contributed by atoms with E-state index in [1.54, 1.807) is 0 Å². The molecule has 1 amide bonds. The summed E-state index contributed by atoms with van der Waals surface area (Å²) in [5.41, 5.74) is 4.76. The molecular weight excluding hydrogens is 572 g/mol. The molecule has 3 heterocycles. The number of rotatable bonds is 10. The van der Waals surface area contributed by atoms with Crippen LogP contribution in [0.5, 0.6) is 0 Å². The zero-order chi connectivity index (χ0) is 25.7. The van der Waals surface area contributed by atoms with Gasteiger partial charge in [0.15, 0.2) is 17.8 Å². The molecule has 14 nitrogen and oxygen atoms in total. The number of nitrogens with zero attached hydrogens (tertiary/aromatic N) is 4. The number of oxime groups is 1. The van der Waals surface area contributed by atoms with Gasteiger partial charge < -0.3 is 35.4 Å². The Labute approximate surface area is 266 Å². The molecule has 1 aromatic rings. The molecule has 2 aliphatic heterocycles. The molecule has 0 spiro atoms. The van der Waals surface area contributed by atoms with Crippen LogP contribution in [0.4, 0.5) is 5.13 Å². The third kappa shape index (κ3) is 8.21. The number of aliphatic carboxylic acids is 2. The largest absolute Gasteiger partial charge is 1.00 e. The first-order valence-electron chi connectivity index (χ1n) is 9.32. The maximum Gasteiger partial charge on any atom is 1.00 e. The summed E-state index contributed by atoms with van der Waals surface area (Å²) < 4.78 is 4.47. The smallest absolute Gasteiger partial charge is 0.857 e. The summed E-state index contributed by atoms with van der Waals surface area (Å²) in [7, 11) is 1.19. The van der Waals surface area contributed by atoms with Crippen LogP contribution in [0.15, 0.2) is 37.6 Å². The van der Waals surface area contributed by atoms with Crippen molar-refractivity contribution in [2.45, 2.75) is 11.4 Å². The topological polar surface area (TPSA) is 220 Å². The summed E-state index contributed by atoms with van der Waals surface area (Å²) >= 11 is 3.10. The van der Waals surface area contributed by atoms with Gasteiger partial charge in [-0.25, -0.2) is 14.6 Å². The monoisotopic (exact) mass is 587 g/mol. The van der Waals surface area contributed by atoms with E-state index in [0.717, 1.165) is 34.1 Å². The quantitative estimate of drug-likeness (QED) is 0.0495. The molecule has 0 unspecified atom stereocenters. The second-order valence-corrected chi connectivity index (χ2v) is 9.46. The number of carboxylic acids is 2. The Kier molecular flexibility index (Phi) is 13.7. The molecular formula is C18H15N5Na2O9S3. The number of esters is 1. The average molecular weight is 588 g/mol. The van der Waals surface area contributed by atoms with E-state index in [-0.39, 0.29) is 81.4 Å². The number of amides is 1. The number of thioether (sulfide) groups is 2. The zero-order valence-corrected chi connectivity index (χ0v) is 26.1. The fourth-order valence-corrected chi connectivity index (χ4v) is 5.66. The van der Waals surface area contributed by atoms with Crippen molar-refractivity contribution in [1.29, 1.82) is 0 Å². The molecule has 0 aromatic carbocycles. The van der Waals surface area contributed by atoms with Gasteiger partial charge in [-0.2, -0.15) is 0 Å². The van der Waals surface area contributed by atoms with E-state index in [1.807, 2.05) is 0 Å². The van der Waals surface area contributed by atoms with Gasteiger partial charge in [-0.1, -0.05) is 16.9 Å². The van der Waals surface area contributed by atoms with Gasteiger partial charge in [-0.05, 0) is 5.41 Å². The van der Waals surface area contributed by atoms with E-state index in [0.29, 0.717) is 4.91 Å². The Bertz CT molecular complexity index is 1190. The molecule has 0 saturated carbocycles. The van der Waals surface area contributed by atoms with Crippen molar-refractivity contribution >= 4 is 75.4 Å². The van der Waals surface area contributed by atoms with Crippen LogP contribution in [0.3, 0.4) is 0 Å². The Morgan fingerprint density at radius 3 is 2.65 bits per heavy atom. The molecule has 37 heavy (non-hydrogen) atoms. The van der Waals surface area contributed by atoms with Gasteiger partial charge in [0.25, 0.3) is 5.91 Å². The molecule has 0 radical (unpaired) electrons. The second-order valence-electron chi connectivity index (χ2n) is 6.47. The minimum atomic E-state index is -1.58. The third-order valence-electron chi connectivity index (χ3n) is 4.29. The van der Waals surface area contributed by atoms with E-state index in [2.05, 4.69) is 24.7 Å². The number of hydrogen-bond acceptors (Lipinski definition) is 15. The summed E-state index contributed by atoms with van der Waals surface area (Å²) in [6.45, 7) is -0.942. The normalized spacial score (nSPS) is 19.4. The summed E-state index contributed by atoms with van der Waals surface area (Å²) in [5.74, 6) is -5.17. The van der Waals surface area contributed by atoms with E-state index in [1.165, 1.54) is 29.7 Å². The fourth-order valence-electron chi connectivity index (χ4n) is 2.82. The summed E-state index contributed by atoms with van der Waals surface area (Å²) in [6, 6.07) is -1.22. The predicted molar refractivity (Wildman–Crippen MR) is 122 cm³/mol. The first-order chi connectivity index (χ1) is 16.6. The van der Waals surface area contributed by atoms with E-state index in [9.17, 15) is 34.5 Å². The Hall–Kier alpha value is -1.57. The van der Waals surface area contributed by atoms with Gasteiger partial charge in [0, 0.05) is 28.0 Å². The number of nitrogens with two attached hydrogens (primary N) is 1. The average Bonchev–Trinajstić information content (AvgIpc) is 3.24. The molecule has 1 saturated heterocycles. The number of fused-ring (bicyclic) bond motifs is 1. The molecule has 2 aliphatic rings. The van der Waals surface area contributed by atoms with Gasteiger partial charge in [0.05, 0.1) is 13.1 Å². The van der Waals surface area contributed by atoms with Crippen molar-refractivity contribution in [2.75, 3.05) is 25.2 Å². The number of thiazole rings is 1. The van der Waals surface area contributed by atoms with Crippen molar-refractivity contribution < 1.29 is 103 Å². The molecule has 186 valence electrons. The first-order valence-corrected chi connectivity index (χ1v) is 12.1. The van der Waals surface area contributed by atoms with Crippen LogP contribution in [0.2, 0.25) is 0 Å². The first kappa shape index (κ1) is 33.5. The number of nitrogen functional groups attached to an aromatic ring is 1. The third-order valence-corrected chi connectivity index (χ3v) is 7.30. The number of β-lactam (4-membered cyclic amide) rings is 1. The molecule has 0 bridgehead atoms. The number of carbonyl (C=O) groups excluding carboxylic acids is 3. The van der Waals surface area contributed by atoms with Crippen LogP contribution in [0.25, 0.3) is 0 Å². The predicted octanol–water partition coefficient (Wildman–Crippen LogP) is -8.04. The molecule has 1 aromatic heterocycles. The van der Waals surface area contributed by atoms with Crippen molar-refractivity contribution in [3.63, 3.8) is 0 Å². The summed E-state index contributed by atoms with van der Waals surface area (Å²) in [5, 5.41) is 38.5. The van der Waals surface area contributed by atoms with Crippen molar-refractivity contribution in [2.24, 2.45) is 10.1 Å². The van der Waals surface area contributed by atoms with Gasteiger partial charge in [0.2, 0.25) is 0 Å². The summed E-state index contributed by atoms with van der Waals surface area (Å²) in [6.07, 6.45) is 1.11. The minimum absolute atomic E-state index is 0. The number of carboxylic acid groups (broad SMARTS) is 2. The van der Waals surface area contributed by atoms with Crippen LogP contribution >= 0.6 is 34.9 Å². The van der Waals surface area contributed by atoms with Crippen LogP contribution in [-0.2, 0) is 28.8 Å². The standard InChI is InChI=1S/C18H17N5O9S3.2Na/c1-31-10(26)2-3-33-8-6-34-16-12(15(28)23(16)13(8)17(29)30)21-14(27)11(22-32-4-9(24)25)7-5-35-18(19)20-7;;/h2-3,5,12,16H,4,6H2,1H3,(H2,19,20)(H,21,27)(H,24,25)(H,29,30);;/q;2*+1/p-2/b3-2-,22-11+;;/t12-,16-;;/m1../s1. The molecule has 3 N–H and O–H groups in total. The minimum Gasteiger partial charge on any atom is -0.857 e. The molecule has 2 atom stereocenters. The van der Waals surface area contributed by atoms with Crippen LogP contribution < -0.4 is 75.1 Å². The Morgan fingerprint density at radius 1 is 1.38 bits per heavy atom. The van der Waals surface area contributed by atoms with E-state index >= 15 is 0 Å². The molecule has 1 fully saturated rings. The van der Waals surface area contributed by atoms with Gasteiger partial charge in [-0.3, -0.25) is 14.7 Å². The van der Waals surface area contributed by atoms with Gasteiger partial charge in [-0.15, -0.1) is 23.1 Å². The number of carbonyl (C=O) groups is 4. The fraction of sp³-hybridized carbons (Fsp3) is 0.278. The maximum atomic E-state index is 12.8. The van der Waals surface area contributed by atoms with E-state index in [4.69, 9.17) is 5.73 Å². The number of aromatic nitrogens is 1. The van der Waals surface area contributed by atoms with Crippen molar-refractivity contribution in [1.82, 2.24) is 9.88 Å². The molecule has 0 aliphatic carbocycles. The number of hydrogen-bond donors (Lipinski definition) is 2. The van der Waals surface area contributed by atoms with Gasteiger partial charge in [0.1, 0.15) is 22.5 Å². The van der Waals surface area contributed by atoms with Crippen molar-refractivity contribution in [3.05, 3.63) is 33.2 Å². The summed E-state index contributed by atoms with van der Waals surface area (Å²) in [4.78, 5) is 60.0. The maximum absolute atomic E-state index is 12.8. The van der Waals surface area contributed by atoms with E-state index < -0.39 is 53.4 Å². The number of methoxy groups -OCH3 is 1. The SMILES string of the molecule is COC(=O)/C=C\SC1=C(C(=O)O)N2C(=O)[C@@H](N=C([O-])/C(=N/OCC(=O)[O-])c3csc(N)n3)[C@H]2SC1.[Na+].[Na+]. The molecule has 3 rings (SSSR count). The van der Waals surface area contributed by atoms with Crippen LogP contribution in [0, 0.1) is 0 Å². The zero-order valence-electron chi connectivity index (χ0n) is 19.6. The number of anilines is 1. The van der Waals surface area contributed by atoms with Crippen LogP contribution in [0.1, 0.15) is 5.69 Å². The Morgan fingerprint density at radius 2 is 2.08 bits per heavy atom. The second kappa shape index (κ2) is 15.1.